The molecule has 0 bridgehead atoms. The van der Waals surface area contributed by atoms with Crippen LogP contribution in [0.25, 0.3) is 0 Å². The summed E-state index contributed by atoms with van der Waals surface area (Å²) in [6.07, 6.45) is 0. The number of hydrogen-bond acceptors (Lipinski definition) is 2. The van der Waals surface area contributed by atoms with Crippen molar-refractivity contribution in [1.82, 2.24) is 0 Å². The number of rotatable bonds is 0. The fourth-order valence-electron chi connectivity index (χ4n) is 0. The van der Waals surface area contributed by atoms with Crippen LogP contribution in [0.5, 0.6) is 0 Å². The Hall–Kier alpha value is 0.839. The van der Waals surface area contributed by atoms with Gasteiger partial charge in [-0.15, -0.1) is 0 Å². The summed E-state index contributed by atoms with van der Waals surface area (Å²) in [7, 11) is 5.37. The second kappa shape index (κ2) is 43.9. The maximum absolute atomic E-state index is 8.06. The zero-order chi connectivity index (χ0) is 4.00. The third-order valence-corrected chi connectivity index (χ3v) is 0. The molecule has 0 saturated carbocycles. The first-order valence-corrected chi connectivity index (χ1v) is 2.13. The summed E-state index contributed by atoms with van der Waals surface area (Å²) in [5.74, 6) is 0. The van der Waals surface area contributed by atoms with Crippen molar-refractivity contribution in [2.75, 3.05) is 0 Å². The molecule has 0 aromatic carbocycles. The van der Waals surface area contributed by atoms with Crippen LogP contribution in [-0.4, -0.2) is 0 Å². The van der Waals surface area contributed by atoms with E-state index < -0.39 is 0 Å². The Bertz CT molecular complexity index is 10.0. The molecule has 1 nitrogen and oxygen atoms in total. The van der Waals surface area contributed by atoms with E-state index in [0.717, 1.165) is 0 Å². The van der Waals surface area contributed by atoms with Crippen molar-refractivity contribution >= 4 is 19.7 Å². The second-order valence-electron chi connectivity index (χ2n) is 0. The van der Waals surface area contributed by atoms with E-state index in [4.69, 9.17) is 4.57 Å². The van der Waals surface area contributed by atoms with Crippen LogP contribution in [0.4, 0.5) is 0 Å². The van der Waals surface area contributed by atoms with Crippen LogP contribution in [0.1, 0.15) is 0 Å². The van der Waals surface area contributed by atoms with E-state index in [2.05, 4.69) is 24.9 Å². The van der Waals surface area contributed by atoms with E-state index in [1.807, 2.05) is 0 Å². The molecule has 4 heteroatoms. The minimum absolute atomic E-state index is 1.72. The van der Waals surface area contributed by atoms with Gasteiger partial charge in [0.1, 0.15) is 9.12 Å². The van der Waals surface area contributed by atoms with Gasteiger partial charge < -0.3 is 0 Å². The fourth-order valence-corrected chi connectivity index (χ4v) is 0. The quantitative estimate of drug-likeness (QED) is 0.374. The molecule has 0 N–H and O–H groups in total. The van der Waals surface area contributed by atoms with Crippen molar-refractivity contribution in [3.63, 3.8) is 0 Å². The molecule has 0 aromatic heterocycles. The van der Waals surface area contributed by atoms with Crippen molar-refractivity contribution in [2.45, 2.75) is 0 Å². The molecule has 0 atom stereocenters. The molecule has 0 spiro atoms. The van der Waals surface area contributed by atoms with Gasteiger partial charge in [-0.2, -0.15) is 0 Å². The second-order valence-corrected chi connectivity index (χ2v) is 0. The van der Waals surface area contributed by atoms with Crippen LogP contribution in [0.15, 0.2) is 0 Å². The predicted molar refractivity (Wildman–Crippen MR) is 16.6 cm³/mol. The van der Waals surface area contributed by atoms with Gasteiger partial charge in [-0.3, -0.25) is 4.57 Å². The summed E-state index contributed by atoms with van der Waals surface area (Å²) in [5, 5.41) is 0. The summed E-state index contributed by atoms with van der Waals surface area (Å²) >= 11 is 3.77. The molecule has 0 aromatic rings. The molecule has 29 valence electrons. The topological polar surface area (TPSA) is 17.1 Å². The molecule has 0 aliphatic heterocycles. The third kappa shape index (κ3) is 13.6. The predicted octanol–water partition coefficient (Wildman–Crippen LogP) is 1.12. The van der Waals surface area contributed by atoms with Gasteiger partial charge >= 0.3 is 24.9 Å². The van der Waals surface area contributed by atoms with Gasteiger partial charge in [-0.25, -0.2) is 0 Å². The Kier molecular flexibility index (Phi) is 97.2. The van der Waals surface area contributed by atoms with Gasteiger partial charge in [0.05, 0.1) is 0 Å². The van der Waals surface area contributed by atoms with Crippen molar-refractivity contribution in [2.24, 2.45) is 0 Å². The summed E-state index contributed by atoms with van der Waals surface area (Å²) < 4.78 is 8.06. The first kappa shape index (κ1) is 8.85. The molecule has 0 radical (unpaired) electrons. The monoisotopic (exact) mass is 143 g/mol. The average Bonchev–Trinajstić information content (AvgIpc) is 1.50. The van der Waals surface area contributed by atoms with Crippen molar-refractivity contribution in [3.05, 3.63) is 0 Å². The van der Waals surface area contributed by atoms with E-state index in [9.17, 15) is 0 Å². The van der Waals surface area contributed by atoms with E-state index in [-0.39, 0.29) is 0 Å². The molecule has 0 unspecified atom stereocenters. The molecule has 0 aliphatic rings. The van der Waals surface area contributed by atoms with Crippen LogP contribution in [0.2, 0.25) is 0 Å². The minimum atomic E-state index is 1.72. The molecular formula is HCuOPS. The van der Waals surface area contributed by atoms with Crippen LogP contribution >= 0.6 is 19.7 Å². The van der Waals surface area contributed by atoms with Gasteiger partial charge in [0.2, 0.25) is 0 Å². The summed E-state index contributed by atoms with van der Waals surface area (Å²) in [6, 6.07) is 0. The summed E-state index contributed by atoms with van der Waals surface area (Å²) in [6.45, 7) is 0. The SMILES string of the molecule is O=P.[S]=[Cu]. The average molecular weight is 144 g/mol. The Morgan fingerprint density at radius 3 is 1.50 bits per heavy atom. The number of hydrogen-bond donors (Lipinski definition) is 0. The fraction of sp³-hybridized carbons (Fsp3) is 0. The molecule has 0 saturated heterocycles. The standard InChI is InChI=1S/Cu.HOP.S/c;1-2;/h;2H;. The van der Waals surface area contributed by atoms with Crippen molar-refractivity contribution in [1.29, 1.82) is 0 Å². The molecular weight excluding hydrogens is 143 g/mol. The van der Waals surface area contributed by atoms with Gasteiger partial charge in [0.15, 0.2) is 0 Å². The maximum atomic E-state index is 8.06. The van der Waals surface area contributed by atoms with Crippen molar-refractivity contribution in [3.8, 4) is 0 Å². The zero-order valence-electron chi connectivity index (χ0n) is 1.62. The Balaban J connectivity index is 0. The van der Waals surface area contributed by atoms with E-state index in [1.165, 1.54) is 0 Å². The molecule has 0 aliphatic carbocycles. The van der Waals surface area contributed by atoms with Crippen LogP contribution in [0, 0.1) is 0 Å². The van der Waals surface area contributed by atoms with Gasteiger partial charge in [0, 0.05) is 0 Å². The van der Waals surface area contributed by atoms with Crippen LogP contribution in [-0.2, 0) is 18.9 Å². The first-order valence-electron chi connectivity index (χ1n) is 0.327. The molecule has 0 amide bonds. The van der Waals surface area contributed by atoms with Gasteiger partial charge in [-0.05, 0) is 0 Å². The van der Waals surface area contributed by atoms with Crippen molar-refractivity contribution < 1.29 is 18.9 Å². The van der Waals surface area contributed by atoms with E-state index in [1.54, 1.807) is 9.12 Å². The Morgan fingerprint density at radius 2 is 1.50 bits per heavy atom. The molecule has 0 rings (SSSR count). The molecule has 4 heavy (non-hydrogen) atoms. The van der Waals surface area contributed by atoms with Gasteiger partial charge in [-0.1, -0.05) is 0 Å². The van der Waals surface area contributed by atoms with E-state index >= 15 is 0 Å². The van der Waals surface area contributed by atoms with Crippen LogP contribution < -0.4 is 0 Å². The summed E-state index contributed by atoms with van der Waals surface area (Å²) in [4.78, 5) is 0. The molecule has 0 heterocycles. The zero-order valence-corrected chi connectivity index (χ0v) is 4.38. The van der Waals surface area contributed by atoms with Crippen LogP contribution in [0.3, 0.4) is 0 Å². The normalized spacial score (nSPS) is 2.50. The summed E-state index contributed by atoms with van der Waals surface area (Å²) in [5.41, 5.74) is 0. The van der Waals surface area contributed by atoms with Gasteiger partial charge in [0.25, 0.3) is 0 Å². The molecule has 0 fully saturated rings. The third-order valence-electron chi connectivity index (χ3n) is 0. The Morgan fingerprint density at radius 1 is 1.50 bits per heavy atom. The Labute approximate surface area is 39.1 Å². The first-order chi connectivity index (χ1) is 2.00. The van der Waals surface area contributed by atoms with E-state index in [0.29, 0.717) is 0 Å².